The number of amides is 1. The molecule has 3 heterocycles. The minimum absolute atomic E-state index is 0.127. The molecule has 2 N–H and O–H groups in total. The van der Waals surface area contributed by atoms with Gasteiger partial charge in [-0.3, -0.25) is 14.5 Å². The number of nitrogens with one attached hydrogen (secondary N) is 2. The lowest BCUT2D eigenvalue weighted by Gasteiger charge is -2.24. The van der Waals surface area contributed by atoms with Gasteiger partial charge in [0.15, 0.2) is 5.52 Å². The number of nitrogens with zero attached hydrogens (tertiary/aromatic N) is 4. The van der Waals surface area contributed by atoms with E-state index in [0.717, 1.165) is 5.56 Å². The summed E-state index contributed by atoms with van der Waals surface area (Å²) in [7, 11) is 0. The van der Waals surface area contributed by atoms with Crippen molar-refractivity contribution < 1.29 is 9.53 Å². The molecule has 1 unspecified atom stereocenters. The number of aromatic amines is 1. The van der Waals surface area contributed by atoms with E-state index < -0.39 is 5.60 Å². The van der Waals surface area contributed by atoms with E-state index in [0.29, 0.717) is 53.1 Å². The van der Waals surface area contributed by atoms with Crippen molar-refractivity contribution in [2.45, 2.75) is 45.4 Å². The smallest absolute Gasteiger partial charge is 0.410 e. The molecule has 9 nitrogen and oxygen atoms in total. The number of hydrogen-bond donors (Lipinski definition) is 2. The number of anilines is 1. The third-order valence-corrected chi connectivity index (χ3v) is 5.80. The number of H-pyrrole nitrogens is 1. The standard InChI is InChI=1S/C21H24Cl2N6O3/c1-21(2,3)32-20(31)28-7-6-13(11-28)29-17-16(10-25-29)26-19(27-18(17)30)24-9-12-4-5-14(22)15(23)8-12/h4-5,8,10,13H,6-7,9,11H2,1-3H3,(H2,24,26,27,30). The normalized spacial score (nSPS) is 16.5. The Morgan fingerprint density at radius 3 is 2.81 bits per heavy atom. The highest BCUT2D eigenvalue weighted by Gasteiger charge is 2.32. The second-order valence-electron chi connectivity index (χ2n) is 8.71. The highest BCUT2D eigenvalue weighted by Crippen LogP contribution is 2.26. The van der Waals surface area contributed by atoms with Crippen molar-refractivity contribution in [2.75, 3.05) is 18.4 Å². The molecule has 32 heavy (non-hydrogen) atoms. The molecule has 1 atom stereocenters. The summed E-state index contributed by atoms with van der Waals surface area (Å²) in [6, 6.07) is 5.18. The Hall–Kier alpha value is -2.78. The topological polar surface area (TPSA) is 105 Å². The molecule has 1 fully saturated rings. The van der Waals surface area contributed by atoms with Crippen LogP contribution in [0.2, 0.25) is 10.0 Å². The highest BCUT2D eigenvalue weighted by molar-refractivity contribution is 6.42. The zero-order chi connectivity index (χ0) is 23.0. The molecule has 4 rings (SSSR count). The Morgan fingerprint density at radius 1 is 1.31 bits per heavy atom. The number of carbonyl (C=O) groups is 1. The average Bonchev–Trinajstić information content (AvgIpc) is 3.35. The van der Waals surface area contributed by atoms with E-state index in [1.807, 2.05) is 26.8 Å². The fraction of sp³-hybridized carbons (Fsp3) is 0.429. The van der Waals surface area contributed by atoms with Crippen LogP contribution in [0.15, 0.2) is 29.2 Å². The highest BCUT2D eigenvalue weighted by atomic mass is 35.5. The minimum Gasteiger partial charge on any atom is -0.444 e. The molecule has 1 aromatic carbocycles. The van der Waals surface area contributed by atoms with Gasteiger partial charge in [-0.25, -0.2) is 9.78 Å². The SMILES string of the molecule is CC(C)(C)OC(=O)N1CCC(n2ncc3nc(NCc4ccc(Cl)c(Cl)c4)[nH]c(=O)c32)C1. The van der Waals surface area contributed by atoms with Crippen LogP contribution < -0.4 is 10.9 Å². The zero-order valence-electron chi connectivity index (χ0n) is 18.0. The van der Waals surface area contributed by atoms with Gasteiger partial charge < -0.3 is 15.0 Å². The van der Waals surface area contributed by atoms with Gasteiger partial charge in [0.2, 0.25) is 5.95 Å². The first-order valence-electron chi connectivity index (χ1n) is 10.2. The summed E-state index contributed by atoms with van der Waals surface area (Å²) in [5, 5.41) is 8.41. The molecule has 0 radical (unpaired) electrons. The molecular weight excluding hydrogens is 455 g/mol. The lowest BCUT2D eigenvalue weighted by molar-refractivity contribution is 0.0288. The fourth-order valence-corrected chi connectivity index (χ4v) is 3.92. The molecule has 2 aromatic heterocycles. The van der Waals surface area contributed by atoms with E-state index in [4.69, 9.17) is 27.9 Å². The summed E-state index contributed by atoms with van der Waals surface area (Å²) in [5.74, 6) is 0.329. The maximum Gasteiger partial charge on any atom is 0.410 e. The van der Waals surface area contributed by atoms with Crippen molar-refractivity contribution in [3.63, 3.8) is 0 Å². The van der Waals surface area contributed by atoms with Crippen LogP contribution in [-0.2, 0) is 11.3 Å². The van der Waals surface area contributed by atoms with Crippen molar-refractivity contribution in [3.05, 3.63) is 50.4 Å². The van der Waals surface area contributed by atoms with Crippen LogP contribution in [0.5, 0.6) is 0 Å². The summed E-state index contributed by atoms with van der Waals surface area (Å²) in [6.07, 6.45) is 1.87. The van der Waals surface area contributed by atoms with Gasteiger partial charge in [0.05, 0.1) is 22.3 Å². The van der Waals surface area contributed by atoms with Gasteiger partial charge in [0, 0.05) is 19.6 Å². The van der Waals surface area contributed by atoms with Crippen LogP contribution in [0, 0.1) is 0 Å². The van der Waals surface area contributed by atoms with E-state index in [2.05, 4.69) is 20.4 Å². The predicted molar refractivity (Wildman–Crippen MR) is 123 cm³/mol. The first-order valence-corrected chi connectivity index (χ1v) is 11.0. The minimum atomic E-state index is -0.560. The first-order chi connectivity index (χ1) is 15.1. The second kappa shape index (κ2) is 8.63. The lowest BCUT2D eigenvalue weighted by atomic mass is 10.2. The molecule has 1 saturated heterocycles. The maximum absolute atomic E-state index is 12.8. The van der Waals surface area contributed by atoms with Gasteiger partial charge in [0.1, 0.15) is 11.1 Å². The van der Waals surface area contributed by atoms with E-state index in [-0.39, 0.29) is 17.7 Å². The van der Waals surface area contributed by atoms with Crippen LogP contribution in [0.4, 0.5) is 10.7 Å². The van der Waals surface area contributed by atoms with Crippen molar-refractivity contribution >= 4 is 46.3 Å². The summed E-state index contributed by atoms with van der Waals surface area (Å²) in [4.78, 5) is 34.0. The van der Waals surface area contributed by atoms with Crippen molar-refractivity contribution in [3.8, 4) is 0 Å². The van der Waals surface area contributed by atoms with Crippen molar-refractivity contribution in [2.24, 2.45) is 0 Å². The van der Waals surface area contributed by atoms with Gasteiger partial charge in [-0.05, 0) is 44.9 Å². The third kappa shape index (κ3) is 4.83. The van der Waals surface area contributed by atoms with Crippen LogP contribution >= 0.6 is 23.2 Å². The second-order valence-corrected chi connectivity index (χ2v) is 9.52. The van der Waals surface area contributed by atoms with Crippen LogP contribution in [0.1, 0.15) is 38.8 Å². The number of fused-ring (bicyclic) bond motifs is 1. The number of likely N-dealkylation sites (tertiary alicyclic amines) is 1. The quantitative estimate of drug-likeness (QED) is 0.581. The van der Waals surface area contributed by atoms with Gasteiger partial charge in [-0.1, -0.05) is 29.3 Å². The van der Waals surface area contributed by atoms with Crippen molar-refractivity contribution in [1.82, 2.24) is 24.6 Å². The number of aromatic nitrogens is 4. The van der Waals surface area contributed by atoms with Gasteiger partial charge >= 0.3 is 6.09 Å². The van der Waals surface area contributed by atoms with Crippen LogP contribution in [0.3, 0.4) is 0 Å². The number of benzene rings is 1. The number of carbonyl (C=O) groups excluding carboxylic acids is 1. The molecule has 0 aliphatic carbocycles. The molecule has 1 aliphatic rings. The van der Waals surface area contributed by atoms with Crippen LogP contribution in [-0.4, -0.2) is 49.4 Å². The Balaban J connectivity index is 1.49. The monoisotopic (exact) mass is 478 g/mol. The molecule has 170 valence electrons. The molecular formula is C21H24Cl2N6O3. The summed E-state index contributed by atoms with van der Waals surface area (Å²) < 4.78 is 7.09. The Kier molecular flexibility index (Phi) is 6.05. The predicted octanol–water partition coefficient (Wildman–Crippen LogP) is 4.22. The average molecular weight is 479 g/mol. The lowest BCUT2D eigenvalue weighted by Crippen LogP contribution is -2.35. The van der Waals surface area contributed by atoms with Crippen LogP contribution in [0.25, 0.3) is 11.0 Å². The molecule has 11 heteroatoms. The number of ether oxygens (including phenoxy) is 1. The van der Waals surface area contributed by atoms with E-state index in [1.165, 1.54) is 0 Å². The number of hydrogen-bond acceptors (Lipinski definition) is 6. The zero-order valence-corrected chi connectivity index (χ0v) is 19.5. The Morgan fingerprint density at radius 2 is 2.09 bits per heavy atom. The largest absolute Gasteiger partial charge is 0.444 e. The van der Waals surface area contributed by atoms with E-state index >= 15 is 0 Å². The van der Waals surface area contributed by atoms with Gasteiger partial charge in [0.25, 0.3) is 5.56 Å². The number of rotatable bonds is 4. The third-order valence-electron chi connectivity index (χ3n) is 5.06. The molecule has 0 saturated carbocycles. The van der Waals surface area contributed by atoms with E-state index in [9.17, 15) is 9.59 Å². The summed E-state index contributed by atoms with van der Waals surface area (Å²) in [5.41, 5.74) is 0.878. The Labute approximate surface area is 194 Å². The van der Waals surface area contributed by atoms with Gasteiger partial charge in [-0.15, -0.1) is 0 Å². The molecule has 1 aliphatic heterocycles. The molecule has 0 bridgehead atoms. The maximum atomic E-state index is 12.8. The van der Waals surface area contributed by atoms with Gasteiger partial charge in [-0.2, -0.15) is 5.10 Å². The summed E-state index contributed by atoms with van der Waals surface area (Å²) >= 11 is 12.0. The molecule has 0 spiro atoms. The molecule has 3 aromatic rings. The Bertz CT molecular complexity index is 1220. The van der Waals surface area contributed by atoms with E-state index in [1.54, 1.807) is 27.9 Å². The fourth-order valence-electron chi connectivity index (χ4n) is 3.60. The first kappa shape index (κ1) is 22.4. The van der Waals surface area contributed by atoms with Crippen molar-refractivity contribution in [1.29, 1.82) is 0 Å². The summed E-state index contributed by atoms with van der Waals surface area (Å²) in [6.45, 7) is 6.86. The molecule has 1 amide bonds. The number of halogens is 2.